The van der Waals surface area contributed by atoms with Crippen molar-refractivity contribution in [3.05, 3.63) is 52.0 Å². The highest BCUT2D eigenvalue weighted by Gasteiger charge is 2.27. The first-order valence-corrected chi connectivity index (χ1v) is 8.65. The van der Waals surface area contributed by atoms with Gasteiger partial charge in [-0.2, -0.15) is 0 Å². The van der Waals surface area contributed by atoms with Crippen LogP contribution in [0.2, 0.25) is 5.02 Å². The number of carbonyl (C=O) groups is 2. The van der Waals surface area contributed by atoms with Gasteiger partial charge < -0.3 is 14.6 Å². The van der Waals surface area contributed by atoms with Crippen LogP contribution >= 0.6 is 11.6 Å². The number of aliphatic carboxylic acids is 1. The van der Waals surface area contributed by atoms with Crippen molar-refractivity contribution < 1.29 is 14.7 Å². The fourth-order valence-electron chi connectivity index (χ4n) is 2.96. The molecule has 1 saturated heterocycles. The third kappa shape index (κ3) is 4.11. The lowest BCUT2D eigenvalue weighted by molar-refractivity contribution is -0.145. The molecule has 1 N–H and O–H groups in total. The second-order valence-electron chi connectivity index (χ2n) is 6.24. The van der Waals surface area contributed by atoms with Crippen molar-refractivity contribution in [2.45, 2.75) is 19.4 Å². The maximum absolute atomic E-state index is 12.5. The van der Waals surface area contributed by atoms with Gasteiger partial charge in [0.2, 0.25) is 5.91 Å². The van der Waals surface area contributed by atoms with Gasteiger partial charge in [0, 0.05) is 29.9 Å². The number of likely N-dealkylation sites (tertiary alicyclic amines) is 1. The Morgan fingerprint density at radius 3 is 2.46 bits per heavy atom. The van der Waals surface area contributed by atoms with E-state index < -0.39 is 11.9 Å². The molecular formula is C18H18ClN3O4. The van der Waals surface area contributed by atoms with Gasteiger partial charge in [0.25, 0.3) is 5.56 Å². The highest BCUT2D eigenvalue weighted by atomic mass is 35.5. The molecule has 7 nitrogen and oxygen atoms in total. The second-order valence-corrected chi connectivity index (χ2v) is 6.68. The number of benzene rings is 1. The predicted octanol–water partition coefficient (Wildman–Crippen LogP) is 1.89. The lowest BCUT2D eigenvalue weighted by Crippen LogP contribution is -2.42. The van der Waals surface area contributed by atoms with Crippen molar-refractivity contribution in [2.24, 2.45) is 5.92 Å². The molecule has 0 saturated carbocycles. The van der Waals surface area contributed by atoms with E-state index in [-0.39, 0.29) is 18.0 Å². The molecule has 1 fully saturated rings. The molecule has 0 aliphatic carbocycles. The average molecular weight is 376 g/mol. The molecule has 0 spiro atoms. The summed E-state index contributed by atoms with van der Waals surface area (Å²) in [7, 11) is 0. The number of carbonyl (C=O) groups excluding carboxylic acids is 1. The Morgan fingerprint density at radius 2 is 1.85 bits per heavy atom. The number of aromatic nitrogens is 2. The van der Waals surface area contributed by atoms with Crippen molar-refractivity contribution in [1.82, 2.24) is 14.5 Å². The number of carboxylic acids is 1. The second kappa shape index (κ2) is 7.70. The van der Waals surface area contributed by atoms with Gasteiger partial charge >= 0.3 is 5.97 Å². The minimum absolute atomic E-state index is 0.0975. The number of halogens is 1. The number of carboxylic acid groups (broad SMARTS) is 1. The molecule has 0 bridgehead atoms. The molecule has 1 amide bonds. The van der Waals surface area contributed by atoms with Gasteiger partial charge in [-0.3, -0.25) is 14.4 Å². The Bertz CT molecular complexity index is 871. The first kappa shape index (κ1) is 18.1. The van der Waals surface area contributed by atoms with E-state index in [1.54, 1.807) is 35.4 Å². The van der Waals surface area contributed by atoms with Gasteiger partial charge in [0.15, 0.2) is 0 Å². The van der Waals surface area contributed by atoms with Gasteiger partial charge in [-0.05, 0) is 25.0 Å². The summed E-state index contributed by atoms with van der Waals surface area (Å²) in [4.78, 5) is 41.2. The van der Waals surface area contributed by atoms with E-state index in [9.17, 15) is 14.4 Å². The summed E-state index contributed by atoms with van der Waals surface area (Å²) in [6, 6.07) is 7.04. The largest absolute Gasteiger partial charge is 0.481 e. The predicted molar refractivity (Wildman–Crippen MR) is 95.9 cm³/mol. The molecular weight excluding hydrogens is 358 g/mol. The molecule has 0 radical (unpaired) electrons. The lowest BCUT2D eigenvalue weighted by Gasteiger charge is -2.30. The Kier molecular flexibility index (Phi) is 5.37. The normalized spacial score (nSPS) is 15.0. The minimum Gasteiger partial charge on any atom is -0.481 e. The number of hydrogen-bond donors (Lipinski definition) is 1. The number of hydrogen-bond acceptors (Lipinski definition) is 4. The zero-order valence-electron chi connectivity index (χ0n) is 14.0. The van der Waals surface area contributed by atoms with Crippen molar-refractivity contribution in [2.75, 3.05) is 13.1 Å². The molecule has 1 aliphatic heterocycles. The maximum atomic E-state index is 12.5. The molecule has 1 aromatic carbocycles. The lowest BCUT2D eigenvalue weighted by atomic mass is 9.97. The molecule has 1 aliphatic rings. The fraction of sp³-hybridized carbons (Fsp3) is 0.333. The molecule has 8 heteroatoms. The highest BCUT2D eigenvalue weighted by molar-refractivity contribution is 6.30. The van der Waals surface area contributed by atoms with Crippen LogP contribution in [0.5, 0.6) is 0 Å². The quantitative estimate of drug-likeness (QED) is 0.880. The van der Waals surface area contributed by atoms with Gasteiger partial charge in [-0.25, -0.2) is 4.98 Å². The molecule has 2 heterocycles. The summed E-state index contributed by atoms with van der Waals surface area (Å²) in [6.07, 6.45) is 3.60. The fourth-order valence-corrected chi connectivity index (χ4v) is 3.08. The number of nitrogens with zero attached hydrogens (tertiary/aromatic N) is 3. The van der Waals surface area contributed by atoms with Gasteiger partial charge in [0.05, 0.1) is 17.8 Å². The van der Waals surface area contributed by atoms with Crippen LogP contribution in [0.25, 0.3) is 11.3 Å². The van der Waals surface area contributed by atoms with Crippen molar-refractivity contribution in [3.8, 4) is 11.3 Å². The van der Waals surface area contributed by atoms with E-state index in [1.165, 1.54) is 10.8 Å². The summed E-state index contributed by atoms with van der Waals surface area (Å²) < 4.78 is 1.32. The van der Waals surface area contributed by atoms with Crippen LogP contribution < -0.4 is 5.56 Å². The van der Waals surface area contributed by atoms with Crippen LogP contribution in [0.4, 0.5) is 0 Å². The third-order valence-corrected chi connectivity index (χ3v) is 4.77. The third-order valence-electron chi connectivity index (χ3n) is 4.52. The minimum atomic E-state index is -0.824. The Morgan fingerprint density at radius 1 is 1.19 bits per heavy atom. The molecule has 3 rings (SSSR count). The smallest absolute Gasteiger partial charge is 0.306 e. The number of amides is 1. The zero-order valence-corrected chi connectivity index (χ0v) is 14.7. The first-order chi connectivity index (χ1) is 12.4. The molecule has 1 aromatic heterocycles. The van der Waals surface area contributed by atoms with E-state index >= 15 is 0 Å². The Balaban J connectivity index is 1.72. The summed E-state index contributed by atoms with van der Waals surface area (Å²) in [5.74, 6) is -1.43. The standard InChI is InChI=1S/C18H18ClN3O4/c19-14-3-1-12(2-4-14)15-10-22(16(23)9-20-15)11-17(24)21-7-5-13(6-8-21)18(25)26/h1-4,9-10,13H,5-8,11H2,(H,25,26). The molecule has 2 aromatic rings. The Labute approximate surface area is 154 Å². The molecule has 136 valence electrons. The first-order valence-electron chi connectivity index (χ1n) is 8.27. The van der Waals surface area contributed by atoms with Crippen molar-refractivity contribution in [3.63, 3.8) is 0 Å². The maximum Gasteiger partial charge on any atom is 0.306 e. The topological polar surface area (TPSA) is 92.5 Å². The van der Waals surface area contributed by atoms with Gasteiger partial charge in [-0.1, -0.05) is 23.7 Å². The Hall–Kier alpha value is -2.67. The van der Waals surface area contributed by atoms with Crippen LogP contribution in [0.15, 0.2) is 41.5 Å². The molecule has 0 atom stereocenters. The zero-order chi connectivity index (χ0) is 18.7. The SMILES string of the molecule is O=C(O)C1CCN(C(=O)Cn2cc(-c3ccc(Cl)cc3)ncc2=O)CC1. The highest BCUT2D eigenvalue weighted by Crippen LogP contribution is 2.19. The summed E-state index contributed by atoms with van der Waals surface area (Å²) >= 11 is 5.88. The average Bonchev–Trinajstić information content (AvgIpc) is 2.64. The summed E-state index contributed by atoms with van der Waals surface area (Å²) in [6.45, 7) is 0.680. The van der Waals surface area contributed by atoms with E-state index in [0.717, 1.165) is 5.56 Å². The van der Waals surface area contributed by atoms with Crippen LogP contribution in [0, 0.1) is 5.92 Å². The molecule has 0 unspecified atom stereocenters. The van der Waals surface area contributed by atoms with Gasteiger partial charge in [0.1, 0.15) is 6.54 Å². The number of rotatable bonds is 4. The van der Waals surface area contributed by atoms with E-state index in [2.05, 4.69) is 4.98 Å². The monoisotopic (exact) mass is 375 g/mol. The summed E-state index contributed by atoms with van der Waals surface area (Å²) in [5, 5.41) is 9.63. The van der Waals surface area contributed by atoms with Crippen LogP contribution in [0.1, 0.15) is 12.8 Å². The van der Waals surface area contributed by atoms with Crippen molar-refractivity contribution in [1.29, 1.82) is 0 Å². The van der Waals surface area contributed by atoms with Crippen LogP contribution in [-0.2, 0) is 16.1 Å². The van der Waals surface area contributed by atoms with Crippen LogP contribution in [-0.4, -0.2) is 44.5 Å². The van der Waals surface area contributed by atoms with Crippen LogP contribution in [0.3, 0.4) is 0 Å². The van der Waals surface area contributed by atoms with E-state index in [0.29, 0.717) is 36.6 Å². The van der Waals surface area contributed by atoms with Gasteiger partial charge in [-0.15, -0.1) is 0 Å². The van der Waals surface area contributed by atoms with Crippen molar-refractivity contribution >= 4 is 23.5 Å². The number of piperidine rings is 1. The summed E-state index contributed by atoms with van der Waals surface area (Å²) in [5.41, 5.74) is 0.994. The van der Waals surface area contributed by atoms with E-state index in [1.807, 2.05) is 0 Å². The molecule has 26 heavy (non-hydrogen) atoms. The van der Waals surface area contributed by atoms with E-state index in [4.69, 9.17) is 16.7 Å².